The number of pyridine rings is 1. The summed E-state index contributed by atoms with van der Waals surface area (Å²) >= 11 is 0. The number of nitrogens with zero attached hydrogens (tertiary/aromatic N) is 7. The van der Waals surface area contributed by atoms with E-state index in [4.69, 9.17) is 6.35 Å². The Hall–Kier alpha value is -3.27. The third kappa shape index (κ3) is 2.61. The SMILES string of the molecule is [2H]C1(O)C2CC3CC1CC(n1c(=O)n(C)c4cnc(Nc5cn6ncnc6cc5C)nc41)(C3)C2. The van der Waals surface area contributed by atoms with Gasteiger partial charge in [0.2, 0.25) is 5.95 Å². The zero-order valence-corrected chi connectivity index (χ0v) is 18.6. The Morgan fingerprint density at radius 3 is 2.82 bits per heavy atom. The van der Waals surface area contributed by atoms with Gasteiger partial charge in [-0.1, -0.05) is 0 Å². The number of anilines is 2. The minimum atomic E-state index is -1.39. The maximum Gasteiger partial charge on any atom is 0.330 e. The maximum absolute atomic E-state index is 13.5. The van der Waals surface area contributed by atoms with Gasteiger partial charge in [0.25, 0.3) is 0 Å². The summed E-state index contributed by atoms with van der Waals surface area (Å²) in [6.07, 6.45) is 7.53. The Labute approximate surface area is 190 Å². The third-order valence-electron chi connectivity index (χ3n) is 8.14. The molecule has 0 aromatic carbocycles. The molecule has 0 aliphatic heterocycles. The average molecular weight is 448 g/mol. The van der Waals surface area contributed by atoms with Gasteiger partial charge in [0.05, 0.1) is 31.1 Å². The molecule has 2 N–H and O–H groups in total. The molecule has 2 unspecified atom stereocenters. The predicted molar refractivity (Wildman–Crippen MR) is 121 cm³/mol. The summed E-state index contributed by atoms with van der Waals surface area (Å²) in [6, 6.07) is 1.93. The van der Waals surface area contributed by atoms with Crippen LogP contribution in [0.5, 0.6) is 0 Å². The van der Waals surface area contributed by atoms with E-state index in [0.717, 1.165) is 36.2 Å². The molecule has 4 aromatic heterocycles. The predicted octanol–water partition coefficient (Wildman–Crippen LogP) is 2.12. The van der Waals surface area contributed by atoms with Gasteiger partial charge in [0, 0.05) is 7.05 Å². The highest BCUT2D eigenvalue weighted by atomic mass is 16.3. The Balaban J connectivity index is 1.35. The van der Waals surface area contributed by atoms with Crippen LogP contribution in [-0.2, 0) is 12.6 Å². The summed E-state index contributed by atoms with van der Waals surface area (Å²) in [4.78, 5) is 27.0. The molecule has 8 rings (SSSR count). The van der Waals surface area contributed by atoms with E-state index in [0.29, 0.717) is 35.9 Å². The lowest BCUT2D eigenvalue weighted by Gasteiger charge is -2.58. The van der Waals surface area contributed by atoms with Gasteiger partial charge in [-0.15, -0.1) is 0 Å². The molecular weight excluding hydrogens is 420 g/mol. The lowest BCUT2D eigenvalue weighted by molar-refractivity contribution is -0.127. The van der Waals surface area contributed by atoms with Gasteiger partial charge in [-0.2, -0.15) is 10.1 Å². The smallest absolute Gasteiger partial charge is 0.330 e. The van der Waals surface area contributed by atoms with Crippen LogP contribution in [-0.4, -0.2) is 44.9 Å². The molecular formula is C23H26N8O2. The lowest BCUT2D eigenvalue weighted by atomic mass is 9.51. The van der Waals surface area contributed by atoms with Crippen LogP contribution in [0.3, 0.4) is 0 Å². The van der Waals surface area contributed by atoms with E-state index in [2.05, 4.69) is 20.4 Å². The number of hydrogen-bond donors (Lipinski definition) is 2. The van der Waals surface area contributed by atoms with E-state index in [9.17, 15) is 9.90 Å². The van der Waals surface area contributed by atoms with Crippen LogP contribution in [0.1, 0.15) is 39.0 Å². The van der Waals surface area contributed by atoms with Crippen LogP contribution in [0, 0.1) is 24.7 Å². The van der Waals surface area contributed by atoms with Crippen LogP contribution in [0.25, 0.3) is 16.8 Å². The van der Waals surface area contributed by atoms with Crippen molar-refractivity contribution in [1.29, 1.82) is 0 Å². The van der Waals surface area contributed by atoms with Crippen LogP contribution in [0.2, 0.25) is 0 Å². The van der Waals surface area contributed by atoms with Gasteiger partial charge in [-0.05, 0) is 68.4 Å². The quantitative estimate of drug-likeness (QED) is 0.494. The largest absolute Gasteiger partial charge is 0.393 e. The van der Waals surface area contributed by atoms with Crippen LogP contribution < -0.4 is 11.0 Å². The first kappa shape index (κ1) is 18.2. The fraction of sp³-hybridized carbons (Fsp3) is 0.522. The first-order valence-electron chi connectivity index (χ1n) is 12.0. The number of hydrogen-bond acceptors (Lipinski definition) is 7. The number of aliphatic hydroxyl groups is 1. The molecule has 0 spiro atoms. The van der Waals surface area contributed by atoms with E-state index in [1.165, 1.54) is 6.33 Å². The number of fused-ring (bicyclic) bond motifs is 2. The van der Waals surface area contributed by atoms with Crippen molar-refractivity contribution in [2.24, 2.45) is 24.8 Å². The van der Waals surface area contributed by atoms with Crippen molar-refractivity contribution in [2.45, 2.75) is 50.6 Å². The van der Waals surface area contributed by atoms with Crippen LogP contribution in [0.15, 0.2) is 29.6 Å². The third-order valence-corrected chi connectivity index (χ3v) is 8.14. The van der Waals surface area contributed by atoms with Gasteiger partial charge >= 0.3 is 5.69 Å². The summed E-state index contributed by atoms with van der Waals surface area (Å²) in [6.45, 7) is 1.98. The zero-order valence-electron chi connectivity index (χ0n) is 19.6. The van der Waals surface area contributed by atoms with Crippen molar-refractivity contribution in [3.8, 4) is 0 Å². The normalized spacial score (nSPS) is 33.2. The van der Waals surface area contributed by atoms with Gasteiger partial charge in [0.15, 0.2) is 11.3 Å². The first-order chi connectivity index (χ1) is 16.2. The maximum atomic E-state index is 13.5. The molecule has 10 heteroatoms. The Bertz CT molecular complexity index is 1520. The van der Waals surface area contributed by atoms with E-state index < -0.39 is 11.6 Å². The highest BCUT2D eigenvalue weighted by Crippen LogP contribution is 2.58. The standard InChI is InChI=1S/C23H26N8O2/c1-12-3-18-25-11-26-30(18)10-16(12)27-21-24-9-17-20(28-21)31(22(33)29(17)2)23-6-13-4-14(7-23)19(32)15(5-13)8-23/h3,9-11,13-15,19,32H,4-8H2,1-2H3,(H,24,27,28)/i19D. The highest BCUT2D eigenvalue weighted by Gasteiger charge is 2.57. The highest BCUT2D eigenvalue weighted by molar-refractivity contribution is 5.73. The molecule has 4 aliphatic carbocycles. The van der Waals surface area contributed by atoms with Crippen LogP contribution >= 0.6 is 0 Å². The van der Waals surface area contributed by atoms with Gasteiger partial charge in [-0.3, -0.25) is 9.13 Å². The molecule has 0 radical (unpaired) electrons. The fourth-order valence-electron chi connectivity index (χ4n) is 6.80. The average Bonchev–Trinajstić information content (AvgIpc) is 3.34. The number of imidazole rings is 1. The molecule has 33 heavy (non-hydrogen) atoms. The molecule has 0 amide bonds. The van der Waals surface area contributed by atoms with Crippen molar-refractivity contribution in [1.82, 2.24) is 33.7 Å². The molecule has 4 fully saturated rings. The second-order valence-corrected chi connectivity index (χ2v) is 10.1. The molecule has 170 valence electrons. The second-order valence-electron chi connectivity index (χ2n) is 10.1. The summed E-state index contributed by atoms with van der Waals surface area (Å²) in [7, 11) is 1.75. The van der Waals surface area contributed by atoms with E-state index in [1.54, 1.807) is 22.3 Å². The van der Waals surface area contributed by atoms with Crippen molar-refractivity contribution in [2.75, 3.05) is 5.32 Å². The lowest BCUT2D eigenvalue weighted by Crippen LogP contribution is -2.59. The molecule has 4 saturated carbocycles. The number of aromatic nitrogens is 7. The van der Waals surface area contributed by atoms with Gasteiger partial charge in [-0.25, -0.2) is 19.3 Å². The van der Waals surface area contributed by atoms with Crippen molar-refractivity contribution in [3.63, 3.8) is 0 Å². The minimum Gasteiger partial charge on any atom is -0.393 e. The van der Waals surface area contributed by atoms with Crippen molar-refractivity contribution < 1.29 is 6.48 Å². The first-order valence-corrected chi connectivity index (χ1v) is 11.5. The molecule has 4 heterocycles. The second kappa shape index (κ2) is 6.40. The Morgan fingerprint density at radius 1 is 1.24 bits per heavy atom. The van der Waals surface area contributed by atoms with E-state index in [-0.39, 0.29) is 17.5 Å². The van der Waals surface area contributed by atoms with E-state index in [1.807, 2.05) is 23.8 Å². The number of rotatable bonds is 3. The van der Waals surface area contributed by atoms with E-state index >= 15 is 0 Å². The molecule has 0 saturated heterocycles. The molecule has 2 atom stereocenters. The van der Waals surface area contributed by atoms with Crippen LogP contribution in [0.4, 0.5) is 11.6 Å². The minimum absolute atomic E-state index is 0.114. The topological polar surface area (TPSA) is 115 Å². The number of aryl methyl sites for hydroxylation is 2. The zero-order chi connectivity index (χ0) is 23.4. The summed E-state index contributed by atoms with van der Waals surface area (Å²) < 4.78 is 13.7. The number of nitrogens with one attached hydrogen (secondary N) is 1. The Morgan fingerprint density at radius 2 is 2.03 bits per heavy atom. The van der Waals surface area contributed by atoms with Crippen molar-refractivity contribution >= 4 is 28.4 Å². The summed E-state index contributed by atoms with van der Waals surface area (Å²) in [5, 5.41) is 18.3. The Kier molecular flexibility index (Phi) is 3.53. The molecule has 4 aromatic rings. The summed E-state index contributed by atoms with van der Waals surface area (Å²) in [5.74, 6) is 0.604. The monoisotopic (exact) mass is 447 g/mol. The van der Waals surface area contributed by atoms with Crippen molar-refractivity contribution in [3.05, 3.63) is 40.8 Å². The molecule has 4 aliphatic rings. The fourth-order valence-corrected chi connectivity index (χ4v) is 6.80. The summed E-state index contributed by atoms with van der Waals surface area (Å²) in [5.41, 5.74) is 3.28. The van der Waals surface area contributed by atoms with Gasteiger partial charge in [0.1, 0.15) is 11.8 Å². The van der Waals surface area contributed by atoms with Gasteiger partial charge < -0.3 is 10.4 Å². The molecule has 4 bridgehead atoms. The molecule has 10 nitrogen and oxygen atoms in total.